The molecule has 0 atom stereocenters. The molecule has 0 unspecified atom stereocenters. The molecule has 1 aromatic carbocycles. The van der Waals surface area contributed by atoms with Crippen LogP contribution in [0.3, 0.4) is 0 Å². The van der Waals surface area contributed by atoms with Crippen LogP contribution in [0, 0.1) is 6.92 Å². The topological polar surface area (TPSA) is 101 Å². The molecule has 0 fully saturated rings. The fourth-order valence-electron chi connectivity index (χ4n) is 2.77. The molecule has 8 heteroatoms. The van der Waals surface area contributed by atoms with E-state index in [4.69, 9.17) is 0 Å². The van der Waals surface area contributed by atoms with E-state index >= 15 is 0 Å². The van der Waals surface area contributed by atoms with Gasteiger partial charge in [-0.1, -0.05) is 6.07 Å². The number of amides is 3. The molecule has 8 nitrogen and oxygen atoms in total. The Morgan fingerprint density at radius 3 is 2.66 bits per heavy atom. The molecule has 3 rings (SSSR count). The Morgan fingerprint density at radius 1 is 1.10 bits per heavy atom. The highest BCUT2D eigenvalue weighted by Gasteiger charge is 2.09. The lowest BCUT2D eigenvalue weighted by Crippen LogP contribution is -2.34. The molecular formula is C21H24N6O2. The fourth-order valence-corrected chi connectivity index (χ4v) is 2.77. The number of urea groups is 1. The van der Waals surface area contributed by atoms with Crippen molar-refractivity contribution < 1.29 is 9.59 Å². The van der Waals surface area contributed by atoms with Crippen LogP contribution in [0.2, 0.25) is 0 Å². The zero-order chi connectivity index (χ0) is 20.8. The maximum Gasteiger partial charge on any atom is 0.319 e. The van der Waals surface area contributed by atoms with Gasteiger partial charge < -0.3 is 16.0 Å². The molecule has 0 radical (unpaired) electrons. The average Bonchev–Trinajstić information content (AvgIpc) is 3.12. The van der Waals surface area contributed by atoms with Crippen molar-refractivity contribution in [1.82, 2.24) is 25.2 Å². The summed E-state index contributed by atoms with van der Waals surface area (Å²) in [5, 5.41) is 8.36. The van der Waals surface area contributed by atoms with Crippen molar-refractivity contribution in [3.63, 3.8) is 0 Å². The van der Waals surface area contributed by atoms with Gasteiger partial charge in [0, 0.05) is 42.4 Å². The molecule has 0 aliphatic carbocycles. The van der Waals surface area contributed by atoms with Gasteiger partial charge in [-0.15, -0.1) is 0 Å². The molecule has 2 aromatic heterocycles. The summed E-state index contributed by atoms with van der Waals surface area (Å²) in [5.41, 5.74) is 1.94. The van der Waals surface area contributed by atoms with Gasteiger partial charge in [0.05, 0.1) is 0 Å². The number of aromatic nitrogens is 3. The van der Waals surface area contributed by atoms with E-state index in [9.17, 15) is 9.59 Å². The molecule has 29 heavy (non-hydrogen) atoms. The fraction of sp³-hybridized carbons (Fsp3) is 0.238. The van der Waals surface area contributed by atoms with Crippen molar-refractivity contribution >= 4 is 17.6 Å². The molecular weight excluding hydrogens is 368 g/mol. The predicted molar refractivity (Wildman–Crippen MR) is 111 cm³/mol. The van der Waals surface area contributed by atoms with Crippen molar-refractivity contribution in [3.05, 3.63) is 71.9 Å². The van der Waals surface area contributed by atoms with Crippen LogP contribution in [0.25, 0.3) is 5.82 Å². The SMILES string of the molecule is Cc1nccn1-c1cc(CNC(=O)c2cccc(NC(=O)NC(C)C)c2)ccn1. The van der Waals surface area contributed by atoms with E-state index < -0.39 is 0 Å². The number of carbonyl (C=O) groups is 2. The number of nitrogens with zero attached hydrogens (tertiary/aromatic N) is 3. The van der Waals surface area contributed by atoms with Crippen LogP contribution in [0.4, 0.5) is 10.5 Å². The second-order valence-electron chi connectivity index (χ2n) is 6.88. The third-order valence-electron chi connectivity index (χ3n) is 4.14. The monoisotopic (exact) mass is 392 g/mol. The van der Waals surface area contributed by atoms with Gasteiger partial charge in [-0.05, 0) is 56.7 Å². The normalized spacial score (nSPS) is 10.6. The minimum atomic E-state index is -0.309. The van der Waals surface area contributed by atoms with Crippen molar-refractivity contribution in [3.8, 4) is 5.82 Å². The summed E-state index contributed by atoms with van der Waals surface area (Å²) in [4.78, 5) is 32.9. The number of hydrogen-bond acceptors (Lipinski definition) is 4. The van der Waals surface area contributed by atoms with Crippen LogP contribution >= 0.6 is 0 Å². The van der Waals surface area contributed by atoms with E-state index in [2.05, 4.69) is 25.9 Å². The van der Waals surface area contributed by atoms with Crippen LogP contribution in [0.5, 0.6) is 0 Å². The molecule has 2 heterocycles. The van der Waals surface area contributed by atoms with Crippen LogP contribution in [0.15, 0.2) is 55.0 Å². The third kappa shape index (κ3) is 5.41. The molecule has 0 spiro atoms. The van der Waals surface area contributed by atoms with Gasteiger partial charge in [-0.2, -0.15) is 0 Å². The molecule has 3 N–H and O–H groups in total. The lowest BCUT2D eigenvalue weighted by atomic mass is 10.1. The van der Waals surface area contributed by atoms with E-state index in [0.29, 0.717) is 17.8 Å². The number of benzene rings is 1. The largest absolute Gasteiger partial charge is 0.348 e. The van der Waals surface area contributed by atoms with E-state index in [0.717, 1.165) is 17.2 Å². The Balaban J connectivity index is 1.63. The zero-order valence-corrected chi connectivity index (χ0v) is 16.6. The van der Waals surface area contributed by atoms with Crippen LogP contribution in [0.1, 0.15) is 35.6 Å². The lowest BCUT2D eigenvalue weighted by molar-refractivity contribution is 0.0951. The first-order valence-electron chi connectivity index (χ1n) is 9.33. The molecule has 0 aliphatic heterocycles. The zero-order valence-electron chi connectivity index (χ0n) is 16.6. The van der Waals surface area contributed by atoms with Gasteiger partial charge >= 0.3 is 6.03 Å². The van der Waals surface area contributed by atoms with Crippen LogP contribution in [-0.4, -0.2) is 32.5 Å². The van der Waals surface area contributed by atoms with Gasteiger partial charge in [0.15, 0.2) is 0 Å². The Hall–Kier alpha value is -3.68. The van der Waals surface area contributed by atoms with E-state index in [1.54, 1.807) is 36.7 Å². The highest BCUT2D eigenvalue weighted by molar-refractivity contribution is 5.96. The summed E-state index contributed by atoms with van der Waals surface area (Å²) in [6, 6.07) is 10.3. The number of hydrogen-bond donors (Lipinski definition) is 3. The Kier molecular flexibility index (Phi) is 6.23. The molecule has 3 amide bonds. The number of rotatable bonds is 6. The predicted octanol–water partition coefficient (Wildman–Crippen LogP) is 3.04. The number of anilines is 1. The number of imidazole rings is 1. The standard InChI is InChI=1S/C21H24N6O2/c1-14(2)25-21(29)26-18-6-4-5-17(12-18)20(28)24-13-16-7-8-23-19(11-16)27-10-9-22-15(27)3/h4-12,14H,13H2,1-3H3,(H,24,28)(H2,25,26,29). The minimum absolute atomic E-state index is 0.0258. The second kappa shape index (κ2) is 9.01. The summed E-state index contributed by atoms with van der Waals surface area (Å²) < 4.78 is 1.88. The van der Waals surface area contributed by atoms with Crippen molar-refractivity contribution in [2.45, 2.75) is 33.4 Å². The van der Waals surface area contributed by atoms with E-state index in [1.807, 2.05) is 43.7 Å². The first-order chi connectivity index (χ1) is 13.9. The highest BCUT2D eigenvalue weighted by atomic mass is 16.2. The molecule has 0 saturated carbocycles. The Bertz CT molecular complexity index is 1010. The molecule has 0 aliphatic rings. The van der Waals surface area contributed by atoms with Gasteiger partial charge in [0.25, 0.3) is 5.91 Å². The second-order valence-corrected chi connectivity index (χ2v) is 6.88. The first-order valence-corrected chi connectivity index (χ1v) is 9.33. The van der Waals surface area contributed by atoms with Gasteiger partial charge in [0.2, 0.25) is 0 Å². The molecule has 3 aromatic rings. The maximum absolute atomic E-state index is 12.5. The summed E-state index contributed by atoms with van der Waals surface area (Å²) in [5.74, 6) is 1.36. The summed E-state index contributed by atoms with van der Waals surface area (Å²) in [7, 11) is 0. The van der Waals surface area contributed by atoms with Crippen LogP contribution < -0.4 is 16.0 Å². The number of pyridine rings is 1. The summed E-state index contributed by atoms with van der Waals surface area (Å²) >= 11 is 0. The number of nitrogens with one attached hydrogen (secondary N) is 3. The van der Waals surface area contributed by atoms with Gasteiger partial charge in [0.1, 0.15) is 11.6 Å². The lowest BCUT2D eigenvalue weighted by Gasteiger charge is -2.11. The van der Waals surface area contributed by atoms with Gasteiger partial charge in [-0.25, -0.2) is 14.8 Å². The number of aryl methyl sites for hydroxylation is 1. The molecule has 0 saturated heterocycles. The highest BCUT2D eigenvalue weighted by Crippen LogP contribution is 2.12. The summed E-state index contributed by atoms with van der Waals surface area (Å²) in [6.07, 6.45) is 5.26. The van der Waals surface area contributed by atoms with E-state index in [1.165, 1.54) is 0 Å². The van der Waals surface area contributed by atoms with Crippen LogP contribution in [-0.2, 0) is 6.54 Å². The minimum Gasteiger partial charge on any atom is -0.348 e. The maximum atomic E-state index is 12.5. The first kappa shape index (κ1) is 20.1. The van der Waals surface area contributed by atoms with Crippen molar-refractivity contribution in [2.75, 3.05) is 5.32 Å². The average molecular weight is 392 g/mol. The molecule has 0 bridgehead atoms. The smallest absolute Gasteiger partial charge is 0.319 e. The summed E-state index contributed by atoms with van der Waals surface area (Å²) in [6.45, 7) is 6.01. The number of carbonyl (C=O) groups excluding carboxylic acids is 2. The molecule has 150 valence electrons. The Morgan fingerprint density at radius 2 is 1.93 bits per heavy atom. The van der Waals surface area contributed by atoms with Crippen molar-refractivity contribution in [2.24, 2.45) is 0 Å². The van der Waals surface area contributed by atoms with E-state index in [-0.39, 0.29) is 18.0 Å². The Labute approximate surface area is 169 Å². The quantitative estimate of drug-likeness (QED) is 0.600. The van der Waals surface area contributed by atoms with Crippen molar-refractivity contribution in [1.29, 1.82) is 0 Å². The third-order valence-corrected chi connectivity index (χ3v) is 4.14. The van der Waals surface area contributed by atoms with Gasteiger partial charge in [-0.3, -0.25) is 9.36 Å².